The second kappa shape index (κ2) is 8.17. The van der Waals surface area contributed by atoms with Gasteiger partial charge in [-0.3, -0.25) is 0 Å². The van der Waals surface area contributed by atoms with Gasteiger partial charge in [-0.25, -0.2) is 5.10 Å². The highest BCUT2D eigenvalue weighted by atomic mass is 16.5. The lowest BCUT2D eigenvalue weighted by Crippen LogP contribution is -2.04. The molecule has 2 heterocycles. The molecule has 0 atom stereocenters. The summed E-state index contributed by atoms with van der Waals surface area (Å²) in [6, 6.07) is 14.4. The van der Waals surface area contributed by atoms with Crippen molar-refractivity contribution in [3.05, 3.63) is 78.0 Å². The van der Waals surface area contributed by atoms with Crippen LogP contribution in [0.4, 0.5) is 0 Å². The fourth-order valence-electron chi connectivity index (χ4n) is 3.32. The number of para-hydroxylation sites is 1. The normalized spacial score (nSPS) is 15.7. The number of hydrogen-bond acceptors (Lipinski definition) is 3. The lowest BCUT2D eigenvalue weighted by Gasteiger charge is -2.12. The summed E-state index contributed by atoms with van der Waals surface area (Å²) in [5.74, 6) is 1.59. The van der Waals surface area contributed by atoms with E-state index in [0.29, 0.717) is 19.1 Å². The van der Waals surface area contributed by atoms with Crippen molar-refractivity contribution >= 4 is 11.6 Å². The largest absolute Gasteiger partial charge is 0.493 e. The van der Waals surface area contributed by atoms with Crippen LogP contribution in [0.5, 0.6) is 11.6 Å². The molecular weight excluding hydrogens is 348 g/mol. The zero-order valence-corrected chi connectivity index (χ0v) is 16.1. The summed E-state index contributed by atoms with van der Waals surface area (Å²) < 4.78 is 11.9. The third kappa shape index (κ3) is 3.86. The number of allylic oxidation sites excluding steroid dienone is 2. The van der Waals surface area contributed by atoms with Gasteiger partial charge in [-0.15, -0.1) is 0 Å². The molecule has 0 saturated heterocycles. The van der Waals surface area contributed by atoms with Crippen LogP contribution in [0, 0.1) is 6.92 Å². The summed E-state index contributed by atoms with van der Waals surface area (Å²) >= 11 is 0. The van der Waals surface area contributed by atoms with Crippen LogP contribution in [0.25, 0.3) is 22.8 Å². The SMILES string of the molecule is C=C1/C=C/c2ccccc2OCCCCOc2[nH]ncc2-c2ccc(C)c1c2. The Balaban J connectivity index is 1.74. The van der Waals surface area contributed by atoms with E-state index in [1.165, 1.54) is 5.56 Å². The first-order chi connectivity index (χ1) is 13.7. The molecular formula is C24H24N2O2. The summed E-state index contributed by atoms with van der Waals surface area (Å²) in [4.78, 5) is 0. The van der Waals surface area contributed by atoms with Crippen molar-refractivity contribution in [3.8, 4) is 22.8 Å². The summed E-state index contributed by atoms with van der Waals surface area (Å²) in [6.45, 7) is 7.66. The molecule has 1 aliphatic heterocycles. The maximum atomic E-state index is 5.99. The van der Waals surface area contributed by atoms with Crippen LogP contribution in [0.3, 0.4) is 0 Å². The second-order valence-electron chi connectivity index (χ2n) is 6.94. The number of aromatic nitrogens is 2. The predicted molar refractivity (Wildman–Crippen MR) is 113 cm³/mol. The highest BCUT2D eigenvalue weighted by Gasteiger charge is 2.12. The van der Waals surface area contributed by atoms with Gasteiger partial charge in [0.15, 0.2) is 0 Å². The molecule has 0 aliphatic carbocycles. The van der Waals surface area contributed by atoms with Gasteiger partial charge in [0.2, 0.25) is 5.88 Å². The van der Waals surface area contributed by atoms with Gasteiger partial charge in [-0.2, -0.15) is 5.10 Å². The minimum Gasteiger partial charge on any atom is -0.493 e. The van der Waals surface area contributed by atoms with Crippen LogP contribution in [-0.2, 0) is 0 Å². The Morgan fingerprint density at radius 1 is 0.964 bits per heavy atom. The van der Waals surface area contributed by atoms with Gasteiger partial charge < -0.3 is 9.47 Å². The van der Waals surface area contributed by atoms with Crippen LogP contribution in [-0.4, -0.2) is 23.4 Å². The van der Waals surface area contributed by atoms with Crippen LogP contribution in [0.1, 0.15) is 29.5 Å². The van der Waals surface area contributed by atoms with Crippen LogP contribution >= 0.6 is 0 Å². The molecule has 0 spiro atoms. The molecule has 4 heteroatoms. The maximum Gasteiger partial charge on any atom is 0.217 e. The quantitative estimate of drug-likeness (QED) is 0.554. The van der Waals surface area contributed by atoms with Crippen LogP contribution < -0.4 is 9.47 Å². The highest BCUT2D eigenvalue weighted by molar-refractivity contribution is 5.82. The van der Waals surface area contributed by atoms with Crippen LogP contribution in [0.2, 0.25) is 0 Å². The van der Waals surface area contributed by atoms with Crippen molar-refractivity contribution in [3.63, 3.8) is 0 Å². The number of nitrogens with one attached hydrogen (secondary N) is 1. The van der Waals surface area contributed by atoms with E-state index in [4.69, 9.17) is 9.47 Å². The van der Waals surface area contributed by atoms with Gasteiger partial charge >= 0.3 is 0 Å². The van der Waals surface area contributed by atoms with E-state index in [1.54, 1.807) is 0 Å². The number of nitrogens with zero attached hydrogens (tertiary/aromatic N) is 1. The molecule has 0 amide bonds. The monoisotopic (exact) mass is 372 g/mol. The molecule has 1 aliphatic rings. The van der Waals surface area contributed by atoms with Crippen molar-refractivity contribution < 1.29 is 9.47 Å². The first-order valence-electron chi connectivity index (χ1n) is 9.59. The predicted octanol–water partition coefficient (Wildman–Crippen LogP) is 5.66. The van der Waals surface area contributed by atoms with Crippen molar-refractivity contribution in [2.75, 3.05) is 13.2 Å². The van der Waals surface area contributed by atoms with Gasteiger partial charge in [0, 0.05) is 5.56 Å². The number of H-pyrrole nitrogens is 1. The Hall–Kier alpha value is -3.27. The molecule has 3 aromatic rings. The van der Waals surface area contributed by atoms with E-state index in [-0.39, 0.29) is 0 Å². The Morgan fingerprint density at radius 3 is 2.68 bits per heavy atom. The molecule has 0 unspecified atom stereocenters. The summed E-state index contributed by atoms with van der Waals surface area (Å²) in [6.07, 6.45) is 7.76. The third-order valence-corrected chi connectivity index (χ3v) is 4.92. The van der Waals surface area contributed by atoms with E-state index in [0.717, 1.165) is 46.4 Å². The van der Waals surface area contributed by atoms with E-state index in [1.807, 2.05) is 30.5 Å². The fourth-order valence-corrected chi connectivity index (χ4v) is 3.32. The summed E-state index contributed by atoms with van der Waals surface area (Å²) in [5.41, 5.74) is 6.31. The number of ether oxygens (including phenoxy) is 2. The van der Waals surface area contributed by atoms with Crippen molar-refractivity contribution in [1.82, 2.24) is 10.2 Å². The van der Waals surface area contributed by atoms with E-state index >= 15 is 0 Å². The van der Waals surface area contributed by atoms with Crippen molar-refractivity contribution in [1.29, 1.82) is 0 Å². The van der Waals surface area contributed by atoms with Crippen LogP contribution in [0.15, 0.2) is 61.3 Å². The Bertz CT molecular complexity index is 1020. The molecule has 2 aromatic carbocycles. The van der Waals surface area contributed by atoms with Crippen molar-refractivity contribution in [2.24, 2.45) is 0 Å². The molecule has 28 heavy (non-hydrogen) atoms. The zero-order chi connectivity index (χ0) is 19.3. The topological polar surface area (TPSA) is 47.1 Å². The molecule has 1 aromatic heterocycles. The number of aryl methyl sites for hydroxylation is 1. The number of aromatic amines is 1. The van der Waals surface area contributed by atoms with E-state index < -0.39 is 0 Å². The molecule has 4 nitrogen and oxygen atoms in total. The molecule has 4 rings (SSSR count). The van der Waals surface area contributed by atoms with Crippen molar-refractivity contribution in [2.45, 2.75) is 19.8 Å². The van der Waals surface area contributed by atoms with E-state index in [2.05, 4.69) is 54.0 Å². The highest BCUT2D eigenvalue weighted by Crippen LogP contribution is 2.32. The lowest BCUT2D eigenvalue weighted by molar-refractivity contribution is 0.261. The van der Waals surface area contributed by atoms with Gasteiger partial charge in [0.1, 0.15) is 5.75 Å². The number of hydrogen-bond donors (Lipinski definition) is 1. The lowest BCUT2D eigenvalue weighted by atomic mass is 9.96. The Labute approximate surface area is 165 Å². The van der Waals surface area contributed by atoms with Gasteiger partial charge in [-0.1, -0.05) is 49.1 Å². The average Bonchev–Trinajstić information content (AvgIpc) is 3.17. The number of benzene rings is 2. The molecule has 0 saturated carbocycles. The smallest absolute Gasteiger partial charge is 0.217 e. The maximum absolute atomic E-state index is 5.99. The number of fused-ring (bicyclic) bond motifs is 5. The first kappa shape index (κ1) is 18.1. The van der Waals surface area contributed by atoms with E-state index in [9.17, 15) is 0 Å². The first-order valence-corrected chi connectivity index (χ1v) is 9.59. The number of rotatable bonds is 0. The Kier molecular flexibility index (Phi) is 5.29. The third-order valence-electron chi connectivity index (χ3n) is 4.92. The zero-order valence-electron chi connectivity index (χ0n) is 16.1. The van der Waals surface area contributed by atoms with Gasteiger partial charge in [-0.05, 0) is 54.2 Å². The minimum atomic E-state index is 0.617. The average molecular weight is 372 g/mol. The second-order valence-corrected chi connectivity index (χ2v) is 6.94. The Morgan fingerprint density at radius 2 is 1.79 bits per heavy atom. The standard InChI is InChI=1S/C24H24N2O2/c1-17-9-11-19-7-3-4-8-23(19)27-13-5-6-14-28-24-22(16-25-26-24)20-12-10-18(2)21(17)15-20/h3-4,7-12,15-16H,1,5-6,13-14H2,2H3,(H,25,26)/b11-9+. The minimum absolute atomic E-state index is 0.617. The van der Waals surface area contributed by atoms with Gasteiger partial charge in [0.25, 0.3) is 0 Å². The molecule has 1 N–H and O–H groups in total. The molecule has 0 radical (unpaired) electrons. The molecule has 2 bridgehead atoms. The summed E-state index contributed by atoms with van der Waals surface area (Å²) in [7, 11) is 0. The molecule has 0 fully saturated rings. The molecule has 142 valence electrons. The summed E-state index contributed by atoms with van der Waals surface area (Å²) in [5, 5.41) is 7.14. The van der Waals surface area contributed by atoms with Gasteiger partial charge in [0.05, 0.1) is 25.0 Å². The fraction of sp³-hybridized carbons (Fsp3) is 0.208.